The van der Waals surface area contributed by atoms with Gasteiger partial charge in [0.25, 0.3) is 0 Å². The summed E-state index contributed by atoms with van der Waals surface area (Å²) in [5, 5.41) is 5.52. The summed E-state index contributed by atoms with van der Waals surface area (Å²) < 4.78 is 5.46. The molecule has 3 aromatic rings. The lowest BCUT2D eigenvalue weighted by molar-refractivity contribution is 0.340. The molecule has 0 aliphatic heterocycles. The van der Waals surface area contributed by atoms with E-state index in [-0.39, 0.29) is 12.4 Å². The van der Waals surface area contributed by atoms with Crippen LogP contribution < -0.4 is 10.1 Å². The van der Waals surface area contributed by atoms with Crippen LogP contribution in [0.5, 0.6) is 5.75 Å². The zero-order chi connectivity index (χ0) is 16.9. The molecule has 0 fully saturated rings. The Morgan fingerprint density at radius 2 is 1.88 bits per heavy atom. The van der Waals surface area contributed by atoms with Crippen molar-refractivity contribution >= 4 is 34.9 Å². The third kappa shape index (κ3) is 4.91. The standard InChI is InChI=1S/C20H23ClN2O.ClH/c1-3-24-17-7-4-15(5-8-17)13-22-11-10-18-14(2)23-20-9-6-16(21)12-19(18)20;/h4-9,12,22-23H,3,10-11,13H2,1-2H3;1H. The zero-order valence-electron chi connectivity index (χ0n) is 14.6. The zero-order valence-corrected chi connectivity index (χ0v) is 16.1. The Morgan fingerprint density at radius 1 is 1.12 bits per heavy atom. The summed E-state index contributed by atoms with van der Waals surface area (Å²) in [4.78, 5) is 3.43. The smallest absolute Gasteiger partial charge is 0.119 e. The molecule has 2 aromatic carbocycles. The maximum Gasteiger partial charge on any atom is 0.119 e. The first-order valence-electron chi connectivity index (χ1n) is 8.36. The van der Waals surface area contributed by atoms with E-state index in [1.54, 1.807) is 0 Å². The second kappa shape index (κ2) is 9.14. The number of aromatic nitrogens is 1. The molecule has 0 bridgehead atoms. The summed E-state index contributed by atoms with van der Waals surface area (Å²) in [6.45, 7) is 6.60. The molecule has 0 radical (unpaired) electrons. The number of H-pyrrole nitrogens is 1. The first-order valence-corrected chi connectivity index (χ1v) is 8.74. The van der Waals surface area contributed by atoms with Crippen molar-refractivity contribution in [1.82, 2.24) is 10.3 Å². The van der Waals surface area contributed by atoms with Gasteiger partial charge in [-0.2, -0.15) is 0 Å². The highest BCUT2D eigenvalue weighted by molar-refractivity contribution is 6.31. The van der Waals surface area contributed by atoms with Crippen LogP contribution in [0.15, 0.2) is 42.5 Å². The molecule has 5 heteroatoms. The van der Waals surface area contributed by atoms with Crippen LogP contribution >= 0.6 is 24.0 Å². The Hall–Kier alpha value is -1.68. The number of aromatic amines is 1. The normalized spacial score (nSPS) is 10.7. The van der Waals surface area contributed by atoms with E-state index in [0.29, 0.717) is 6.61 Å². The molecule has 0 aliphatic rings. The Labute approximate surface area is 160 Å². The second-order valence-corrected chi connectivity index (χ2v) is 6.36. The first-order chi connectivity index (χ1) is 11.7. The number of hydrogen-bond acceptors (Lipinski definition) is 2. The molecular weight excluding hydrogens is 355 g/mol. The number of aryl methyl sites for hydroxylation is 1. The molecule has 3 rings (SSSR count). The molecule has 1 aromatic heterocycles. The summed E-state index contributed by atoms with van der Waals surface area (Å²) in [5.74, 6) is 0.924. The number of rotatable bonds is 7. The summed E-state index contributed by atoms with van der Waals surface area (Å²) in [7, 11) is 0. The van der Waals surface area contributed by atoms with Crippen LogP contribution in [0.25, 0.3) is 10.9 Å². The van der Waals surface area contributed by atoms with E-state index in [4.69, 9.17) is 16.3 Å². The molecule has 0 spiro atoms. The summed E-state index contributed by atoms with van der Waals surface area (Å²) >= 11 is 6.14. The molecule has 0 saturated heterocycles. The van der Waals surface area contributed by atoms with Crippen molar-refractivity contribution in [3.8, 4) is 5.75 Å². The van der Waals surface area contributed by atoms with Gasteiger partial charge in [0.1, 0.15) is 5.75 Å². The van der Waals surface area contributed by atoms with Gasteiger partial charge in [0, 0.05) is 28.2 Å². The lowest BCUT2D eigenvalue weighted by Gasteiger charge is -2.07. The molecule has 1 heterocycles. The topological polar surface area (TPSA) is 37.0 Å². The predicted molar refractivity (Wildman–Crippen MR) is 108 cm³/mol. The summed E-state index contributed by atoms with van der Waals surface area (Å²) in [5.41, 5.74) is 4.97. The summed E-state index contributed by atoms with van der Waals surface area (Å²) in [6.07, 6.45) is 0.975. The van der Waals surface area contributed by atoms with E-state index in [1.807, 2.05) is 37.3 Å². The fourth-order valence-electron chi connectivity index (χ4n) is 2.99. The Bertz CT molecular complexity index is 812. The van der Waals surface area contributed by atoms with Gasteiger partial charge in [0.15, 0.2) is 0 Å². The number of halogens is 2. The number of ether oxygens (including phenoxy) is 1. The van der Waals surface area contributed by atoms with E-state index in [1.165, 1.54) is 22.2 Å². The quantitative estimate of drug-likeness (QED) is 0.548. The minimum absolute atomic E-state index is 0. The van der Waals surface area contributed by atoms with Crippen molar-refractivity contribution in [2.45, 2.75) is 26.8 Å². The maximum absolute atomic E-state index is 6.14. The van der Waals surface area contributed by atoms with Gasteiger partial charge in [-0.3, -0.25) is 0 Å². The largest absolute Gasteiger partial charge is 0.494 e. The minimum atomic E-state index is 0. The van der Waals surface area contributed by atoms with Crippen LogP contribution in [-0.2, 0) is 13.0 Å². The van der Waals surface area contributed by atoms with Crippen molar-refractivity contribution < 1.29 is 4.74 Å². The van der Waals surface area contributed by atoms with Gasteiger partial charge in [-0.25, -0.2) is 0 Å². The molecule has 3 nitrogen and oxygen atoms in total. The maximum atomic E-state index is 6.14. The summed E-state index contributed by atoms with van der Waals surface area (Å²) in [6, 6.07) is 14.3. The van der Waals surface area contributed by atoms with Crippen LogP contribution in [0.2, 0.25) is 5.02 Å². The van der Waals surface area contributed by atoms with Crippen molar-refractivity contribution in [3.05, 3.63) is 64.3 Å². The van der Waals surface area contributed by atoms with E-state index in [0.717, 1.165) is 35.8 Å². The SMILES string of the molecule is CCOc1ccc(CNCCc2c(C)[nH]c3ccc(Cl)cc23)cc1.Cl. The Kier molecular flexibility index (Phi) is 7.18. The number of benzene rings is 2. The van der Waals surface area contributed by atoms with Crippen LogP contribution in [0.4, 0.5) is 0 Å². The van der Waals surface area contributed by atoms with Gasteiger partial charge < -0.3 is 15.0 Å². The third-order valence-corrected chi connectivity index (χ3v) is 4.43. The van der Waals surface area contributed by atoms with Gasteiger partial charge in [-0.1, -0.05) is 23.7 Å². The van der Waals surface area contributed by atoms with Crippen molar-refractivity contribution in [1.29, 1.82) is 0 Å². The fourth-order valence-corrected chi connectivity index (χ4v) is 3.17. The van der Waals surface area contributed by atoms with Gasteiger partial charge >= 0.3 is 0 Å². The number of nitrogens with one attached hydrogen (secondary N) is 2. The monoisotopic (exact) mass is 378 g/mol. The Morgan fingerprint density at radius 3 is 2.60 bits per heavy atom. The van der Waals surface area contributed by atoms with Crippen molar-refractivity contribution in [2.24, 2.45) is 0 Å². The highest BCUT2D eigenvalue weighted by Gasteiger charge is 2.08. The van der Waals surface area contributed by atoms with Crippen LogP contribution in [0.1, 0.15) is 23.7 Å². The van der Waals surface area contributed by atoms with Gasteiger partial charge in [-0.05, 0) is 68.3 Å². The predicted octanol–water partition coefficient (Wildman–Crippen LogP) is 5.28. The lowest BCUT2D eigenvalue weighted by atomic mass is 10.1. The van der Waals surface area contributed by atoms with Crippen molar-refractivity contribution in [2.75, 3.05) is 13.2 Å². The van der Waals surface area contributed by atoms with E-state index in [9.17, 15) is 0 Å². The molecular formula is C20H24Cl2N2O. The molecule has 134 valence electrons. The molecule has 0 unspecified atom stereocenters. The van der Waals surface area contributed by atoms with Crippen LogP contribution in [0.3, 0.4) is 0 Å². The fraction of sp³-hybridized carbons (Fsp3) is 0.300. The third-order valence-electron chi connectivity index (χ3n) is 4.20. The highest BCUT2D eigenvalue weighted by atomic mass is 35.5. The Balaban J connectivity index is 0.00000225. The van der Waals surface area contributed by atoms with Crippen LogP contribution in [0, 0.1) is 6.92 Å². The average Bonchev–Trinajstić information content (AvgIpc) is 2.88. The van der Waals surface area contributed by atoms with Crippen molar-refractivity contribution in [3.63, 3.8) is 0 Å². The highest BCUT2D eigenvalue weighted by Crippen LogP contribution is 2.25. The molecule has 0 aliphatic carbocycles. The van der Waals surface area contributed by atoms with Crippen LogP contribution in [-0.4, -0.2) is 18.1 Å². The second-order valence-electron chi connectivity index (χ2n) is 5.92. The van der Waals surface area contributed by atoms with E-state index >= 15 is 0 Å². The van der Waals surface area contributed by atoms with Gasteiger partial charge in [0.2, 0.25) is 0 Å². The molecule has 2 N–H and O–H groups in total. The molecule has 0 atom stereocenters. The lowest BCUT2D eigenvalue weighted by Crippen LogP contribution is -2.16. The number of hydrogen-bond donors (Lipinski definition) is 2. The average molecular weight is 379 g/mol. The van der Waals surface area contributed by atoms with Gasteiger partial charge in [0.05, 0.1) is 6.61 Å². The van der Waals surface area contributed by atoms with Gasteiger partial charge in [-0.15, -0.1) is 12.4 Å². The molecule has 0 amide bonds. The van der Waals surface area contributed by atoms with E-state index < -0.39 is 0 Å². The number of fused-ring (bicyclic) bond motifs is 1. The van der Waals surface area contributed by atoms with E-state index in [2.05, 4.69) is 29.4 Å². The first kappa shape index (κ1) is 19.6. The molecule has 25 heavy (non-hydrogen) atoms. The minimum Gasteiger partial charge on any atom is -0.494 e. The molecule has 0 saturated carbocycles.